The Morgan fingerprint density at radius 3 is 2.65 bits per heavy atom. The molecule has 1 unspecified atom stereocenters. The highest BCUT2D eigenvalue weighted by atomic mass is 16.5. The standard InChI is InChI=1S/C18H14N2O3/c1-22-15-7-8-16-13(11-15)9-10-18(12-19,20-16)17(21)23-14-5-3-2-4-6-14/h2-11,20H,1H3. The molecule has 0 radical (unpaired) electrons. The van der Waals surface area contributed by atoms with Gasteiger partial charge in [-0.15, -0.1) is 0 Å². The molecule has 2 aromatic carbocycles. The van der Waals surface area contributed by atoms with Gasteiger partial charge in [0.05, 0.1) is 7.11 Å². The van der Waals surface area contributed by atoms with Crippen molar-refractivity contribution in [3.05, 3.63) is 60.2 Å². The van der Waals surface area contributed by atoms with Crippen LogP contribution in [0.25, 0.3) is 6.08 Å². The monoisotopic (exact) mass is 306 g/mol. The lowest BCUT2D eigenvalue weighted by molar-refractivity contribution is -0.136. The number of ether oxygens (including phenoxy) is 2. The predicted molar refractivity (Wildman–Crippen MR) is 86.1 cm³/mol. The number of nitrogens with zero attached hydrogens (tertiary/aromatic N) is 1. The van der Waals surface area contributed by atoms with E-state index < -0.39 is 11.5 Å². The minimum absolute atomic E-state index is 0.392. The van der Waals surface area contributed by atoms with Gasteiger partial charge < -0.3 is 14.8 Å². The quantitative estimate of drug-likeness (QED) is 0.697. The summed E-state index contributed by atoms with van der Waals surface area (Å²) >= 11 is 0. The van der Waals surface area contributed by atoms with Gasteiger partial charge in [0.15, 0.2) is 0 Å². The molecule has 114 valence electrons. The van der Waals surface area contributed by atoms with Crippen molar-refractivity contribution in [1.29, 1.82) is 5.26 Å². The molecule has 0 aromatic heterocycles. The second-order valence-corrected chi connectivity index (χ2v) is 5.03. The maximum atomic E-state index is 12.5. The minimum Gasteiger partial charge on any atom is -0.497 e. The number of anilines is 1. The normalized spacial score (nSPS) is 18.3. The van der Waals surface area contributed by atoms with Gasteiger partial charge in [0.1, 0.15) is 17.6 Å². The van der Waals surface area contributed by atoms with Crippen LogP contribution in [0.2, 0.25) is 0 Å². The maximum absolute atomic E-state index is 12.5. The lowest BCUT2D eigenvalue weighted by Crippen LogP contribution is -2.47. The molecule has 1 N–H and O–H groups in total. The molecule has 0 spiro atoms. The van der Waals surface area contributed by atoms with Crippen molar-refractivity contribution in [3.8, 4) is 17.6 Å². The Hall–Kier alpha value is -3.26. The molecule has 0 bridgehead atoms. The molecule has 1 atom stereocenters. The summed E-state index contributed by atoms with van der Waals surface area (Å²) in [6.45, 7) is 0. The van der Waals surface area contributed by atoms with Gasteiger partial charge >= 0.3 is 5.97 Å². The summed E-state index contributed by atoms with van der Waals surface area (Å²) in [5.41, 5.74) is -0.0557. The van der Waals surface area contributed by atoms with Crippen molar-refractivity contribution in [3.63, 3.8) is 0 Å². The molecule has 23 heavy (non-hydrogen) atoms. The molecule has 0 saturated heterocycles. The number of rotatable bonds is 3. The number of carbonyl (C=O) groups is 1. The lowest BCUT2D eigenvalue weighted by Gasteiger charge is -2.28. The van der Waals surface area contributed by atoms with E-state index in [4.69, 9.17) is 9.47 Å². The highest BCUT2D eigenvalue weighted by Crippen LogP contribution is 2.32. The maximum Gasteiger partial charge on any atom is 0.356 e. The smallest absolute Gasteiger partial charge is 0.356 e. The Kier molecular flexibility index (Phi) is 3.73. The third-order valence-corrected chi connectivity index (χ3v) is 3.56. The minimum atomic E-state index is -1.56. The number of benzene rings is 2. The van der Waals surface area contributed by atoms with Crippen molar-refractivity contribution in [2.24, 2.45) is 0 Å². The molecule has 1 heterocycles. The number of para-hydroxylation sites is 1. The fraction of sp³-hybridized carbons (Fsp3) is 0.111. The Morgan fingerprint density at radius 2 is 1.96 bits per heavy atom. The fourth-order valence-corrected chi connectivity index (χ4v) is 2.29. The van der Waals surface area contributed by atoms with Gasteiger partial charge in [0.25, 0.3) is 0 Å². The Balaban J connectivity index is 1.89. The summed E-state index contributed by atoms with van der Waals surface area (Å²) in [5, 5.41) is 12.5. The van der Waals surface area contributed by atoms with Crippen LogP contribution in [0.4, 0.5) is 5.69 Å². The van der Waals surface area contributed by atoms with E-state index in [1.54, 1.807) is 49.6 Å². The molecule has 0 saturated carbocycles. The van der Waals surface area contributed by atoms with E-state index in [0.717, 1.165) is 5.56 Å². The van der Waals surface area contributed by atoms with Crippen molar-refractivity contribution in [2.45, 2.75) is 5.54 Å². The number of nitriles is 1. The molecule has 0 fully saturated rings. The van der Waals surface area contributed by atoms with Gasteiger partial charge in [0.2, 0.25) is 5.54 Å². The van der Waals surface area contributed by atoms with Gasteiger partial charge in [-0.3, -0.25) is 0 Å². The summed E-state index contributed by atoms with van der Waals surface area (Å²) in [6, 6.07) is 16.0. The zero-order valence-electron chi connectivity index (χ0n) is 12.4. The van der Waals surface area contributed by atoms with E-state index in [2.05, 4.69) is 5.32 Å². The fourth-order valence-electron chi connectivity index (χ4n) is 2.29. The molecule has 1 aliphatic heterocycles. The predicted octanol–water partition coefficient (Wildman–Crippen LogP) is 3.00. The number of carbonyl (C=O) groups excluding carboxylic acids is 1. The van der Waals surface area contributed by atoms with Crippen LogP contribution >= 0.6 is 0 Å². The van der Waals surface area contributed by atoms with Crippen LogP contribution in [0, 0.1) is 11.3 Å². The number of hydrogen-bond donors (Lipinski definition) is 1. The molecular weight excluding hydrogens is 292 g/mol. The first kappa shape index (κ1) is 14.7. The van der Waals surface area contributed by atoms with Crippen LogP contribution in [0.15, 0.2) is 54.6 Å². The highest BCUT2D eigenvalue weighted by Gasteiger charge is 2.40. The number of methoxy groups -OCH3 is 1. The van der Waals surface area contributed by atoms with Crippen LogP contribution in [-0.4, -0.2) is 18.6 Å². The molecule has 5 nitrogen and oxygen atoms in total. The van der Waals surface area contributed by atoms with Crippen molar-refractivity contribution < 1.29 is 14.3 Å². The van der Waals surface area contributed by atoms with Gasteiger partial charge in [-0.1, -0.05) is 24.3 Å². The second kappa shape index (κ2) is 5.85. The molecule has 1 aliphatic rings. The number of hydrogen-bond acceptors (Lipinski definition) is 5. The van der Waals surface area contributed by atoms with Crippen molar-refractivity contribution in [2.75, 3.05) is 12.4 Å². The first-order chi connectivity index (χ1) is 11.2. The highest BCUT2D eigenvalue weighted by molar-refractivity contribution is 5.96. The first-order valence-electron chi connectivity index (χ1n) is 7.01. The third-order valence-electron chi connectivity index (χ3n) is 3.56. The Morgan fingerprint density at radius 1 is 1.17 bits per heavy atom. The third kappa shape index (κ3) is 2.74. The van der Waals surface area contributed by atoms with Crippen molar-refractivity contribution >= 4 is 17.7 Å². The summed E-state index contributed by atoms with van der Waals surface area (Å²) in [4.78, 5) is 12.5. The molecule has 0 amide bonds. The van der Waals surface area contributed by atoms with E-state index >= 15 is 0 Å². The largest absolute Gasteiger partial charge is 0.497 e. The van der Waals surface area contributed by atoms with Gasteiger partial charge in [-0.2, -0.15) is 5.26 Å². The van der Waals surface area contributed by atoms with Crippen LogP contribution in [0.3, 0.4) is 0 Å². The molecule has 0 aliphatic carbocycles. The van der Waals surface area contributed by atoms with E-state index in [1.807, 2.05) is 18.2 Å². The zero-order chi connectivity index (χ0) is 16.3. The number of esters is 1. The molecule has 2 aromatic rings. The average Bonchev–Trinajstić information content (AvgIpc) is 2.61. The second-order valence-electron chi connectivity index (χ2n) is 5.03. The van der Waals surface area contributed by atoms with Gasteiger partial charge in [-0.25, -0.2) is 4.79 Å². The topological polar surface area (TPSA) is 71.3 Å². The molecule has 3 rings (SSSR count). The van der Waals surface area contributed by atoms with Gasteiger partial charge in [0, 0.05) is 11.3 Å². The first-order valence-corrected chi connectivity index (χ1v) is 7.01. The summed E-state index contributed by atoms with van der Waals surface area (Å²) in [6.07, 6.45) is 3.21. The Labute approximate surface area is 133 Å². The van der Waals surface area contributed by atoms with Crippen LogP contribution < -0.4 is 14.8 Å². The van der Waals surface area contributed by atoms with Crippen LogP contribution in [-0.2, 0) is 4.79 Å². The van der Waals surface area contributed by atoms with Crippen molar-refractivity contribution in [1.82, 2.24) is 0 Å². The number of nitrogens with one attached hydrogen (secondary N) is 1. The number of fused-ring (bicyclic) bond motifs is 1. The zero-order valence-corrected chi connectivity index (χ0v) is 12.4. The van der Waals surface area contributed by atoms with Gasteiger partial charge in [-0.05, 0) is 36.4 Å². The van der Waals surface area contributed by atoms with E-state index in [0.29, 0.717) is 17.2 Å². The summed E-state index contributed by atoms with van der Waals surface area (Å²) < 4.78 is 10.5. The van der Waals surface area contributed by atoms with E-state index in [1.165, 1.54) is 6.08 Å². The van der Waals surface area contributed by atoms with Crippen LogP contribution in [0.5, 0.6) is 11.5 Å². The van der Waals surface area contributed by atoms with E-state index in [-0.39, 0.29) is 0 Å². The summed E-state index contributed by atoms with van der Waals surface area (Å²) in [5.74, 6) is 0.415. The summed E-state index contributed by atoms with van der Waals surface area (Å²) in [7, 11) is 1.58. The lowest BCUT2D eigenvalue weighted by atomic mass is 9.94. The molecule has 5 heteroatoms. The van der Waals surface area contributed by atoms with Crippen LogP contribution in [0.1, 0.15) is 5.56 Å². The average molecular weight is 306 g/mol. The molecular formula is C18H14N2O3. The SMILES string of the molecule is COc1ccc2c(c1)C=CC(C#N)(C(=O)Oc1ccccc1)N2. The van der Waals surface area contributed by atoms with E-state index in [9.17, 15) is 10.1 Å². The Bertz CT molecular complexity index is 809.